The van der Waals surface area contributed by atoms with E-state index < -0.39 is 0 Å². The van der Waals surface area contributed by atoms with Crippen molar-refractivity contribution in [2.75, 3.05) is 12.3 Å². The van der Waals surface area contributed by atoms with Gasteiger partial charge in [0.25, 0.3) is 0 Å². The summed E-state index contributed by atoms with van der Waals surface area (Å²) in [7, 11) is 0. The number of H-pyrrole nitrogens is 1. The van der Waals surface area contributed by atoms with E-state index in [2.05, 4.69) is 15.2 Å². The van der Waals surface area contributed by atoms with Gasteiger partial charge in [-0.25, -0.2) is 4.98 Å². The number of anilines is 1. The third-order valence-electron chi connectivity index (χ3n) is 3.85. The molecule has 4 N–H and O–H groups in total. The molecule has 6 heteroatoms. The molecule has 0 aliphatic carbocycles. The number of nitrogens with one attached hydrogen (secondary N) is 1. The zero-order valence-corrected chi connectivity index (χ0v) is 11.8. The van der Waals surface area contributed by atoms with Crippen molar-refractivity contribution in [3.05, 3.63) is 42.9 Å². The van der Waals surface area contributed by atoms with E-state index in [0.717, 1.165) is 32.9 Å². The van der Waals surface area contributed by atoms with E-state index in [0.29, 0.717) is 12.4 Å². The number of nitrogens with zero attached hydrogens (tertiary/aromatic N) is 3. The molecule has 6 nitrogen and oxygen atoms in total. The maximum atomic E-state index is 9.09. The lowest BCUT2D eigenvalue weighted by Gasteiger charge is -2.04. The number of hydrogen-bond donors (Lipinski definition) is 3. The molecule has 0 atom stereocenters. The highest BCUT2D eigenvalue weighted by atomic mass is 16.3. The number of aromatic amines is 1. The Hall–Kier alpha value is -2.86. The van der Waals surface area contributed by atoms with Crippen LogP contribution in [0.2, 0.25) is 0 Å². The number of hydrogen-bond acceptors (Lipinski definition) is 4. The van der Waals surface area contributed by atoms with Gasteiger partial charge in [0.05, 0.1) is 17.8 Å². The zero-order chi connectivity index (χ0) is 15.1. The molecule has 3 heterocycles. The molecular weight excluding hydrogens is 278 g/mol. The number of aliphatic hydroxyl groups excluding tert-OH is 1. The van der Waals surface area contributed by atoms with Crippen LogP contribution < -0.4 is 5.73 Å². The van der Waals surface area contributed by atoms with Crippen LogP contribution in [0.5, 0.6) is 0 Å². The van der Waals surface area contributed by atoms with Crippen molar-refractivity contribution >= 4 is 27.5 Å². The molecule has 110 valence electrons. The van der Waals surface area contributed by atoms with Gasteiger partial charge in [-0.15, -0.1) is 0 Å². The normalized spacial score (nSPS) is 11.5. The Labute approximate surface area is 126 Å². The minimum Gasteiger partial charge on any atom is -0.395 e. The molecule has 0 spiro atoms. The van der Waals surface area contributed by atoms with Gasteiger partial charge in [-0.3, -0.25) is 5.10 Å². The number of aromatic nitrogens is 4. The van der Waals surface area contributed by atoms with Crippen molar-refractivity contribution in [3.63, 3.8) is 0 Å². The van der Waals surface area contributed by atoms with Crippen molar-refractivity contribution in [1.82, 2.24) is 19.7 Å². The Morgan fingerprint density at radius 1 is 1.14 bits per heavy atom. The molecule has 1 aromatic carbocycles. The lowest BCUT2D eigenvalue weighted by molar-refractivity contribution is 0.276. The molecule has 0 amide bonds. The van der Waals surface area contributed by atoms with E-state index in [4.69, 9.17) is 10.8 Å². The predicted octanol–water partition coefficient (Wildman–Crippen LogP) is 2.15. The second-order valence-corrected chi connectivity index (χ2v) is 5.25. The van der Waals surface area contributed by atoms with Crippen LogP contribution in [0.1, 0.15) is 0 Å². The highest BCUT2D eigenvalue weighted by molar-refractivity contribution is 6.10. The molecule has 0 unspecified atom stereocenters. The Morgan fingerprint density at radius 3 is 2.77 bits per heavy atom. The summed E-state index contributed by atoms with van der Waals surface area (Å²) >= 11 is 0. The Kier molecular flexibility index (Phi) is 2.83. The van der Waals surface area contributed by atoms with Gasteiger partial charge in [0.1, 0.15) is 5.82 Å². The monoisotopic (exact) mass is 293 g/mol. The molecule has 0 radical (unpaired) electrons. The molecule has 4 rings (SSSR count). The van der Waals surface area contributed by atoms with E-state index in [1.54, 1.807) is 6.20 Å². The van der Waals surface area contributed by atoms with E-state index in [1.807, 2.05) is 41.2 Å². The van der Waals surface area contributed by atoms with Crippen LogP contribution in [0, 0.1) is 0 Å². The van der Waals surface area contributed by atoms with E-state index in [-0.39, 0.29) is 6.61 Å². The summed E-state index contributed by atoms with van der Waals surface area (Å²) in [6.07, 6.45) is 5.65. The van der Waals surface area contributed by atoms with Gasteiger partial charge in [-0.2, -0.15) is 5.10 Å². The van der Waals surface area contributed by atoms with E-state index in [9.17, 15) is 0 Å². The second-order valence-electron chi connectivity index (χ2n) is 5.25. The van der Waals surface area contributed by atoms with Crippen molar-refractivity contribution in [1.29, 1.82) is 0 Å². The molecule has 0 bridgehead atoms. The minimum absolute atomic E-state index is 0.0935. The first-order chi connectivity index (χ1) is 10.8. The largest absolute Gasteiger partial charge is 0.395 e. The lowest BCUT2D eigenvalue weighted by Crippen LogP contribution is -1.97. The Bertz CT molecular complexity index is 956. The quantitative estimate of drug-likeness (QED) is 0.539. The molecule has 4 aromatic rings. The first kappa shape index (κ1) is 12.8. The lowest BCUT2D eigenvalue weighted by atomic mass is 10.1. The smallest absolute Gasteiger partial charge is 0.133 e. The van der Waals surface area contributed by atoms with Crippen molar-refractivity contribution < 1.29 is 5.11 Å². The summed E-state index contributed by atoms with van der Waals surface area (Å²) in [5.74, 6) is 0.501. The number of benzene rings is 1. The maximum Gasteiger partial charge on any atom is 0.133 e. The van der Waals surface area contributed by atoms with Gasteiger partial charge < -0.3 is 15.4 Å². The second kappa shape index (κ2) is 4.85. The number of nitrogens with two attached hydrogens (primary N) is 1. The highest BCUT2D eigenvalue weighted by Gasteiger charge is 2.10. The van der Waals surface area contributed by atoms with Crippen LogP contribution in [0.3, 0.4) is 0 Å². The van der Waals surface area contributed by atoms with Gasteiger partial charge in [-0.1, -0.05) is 12.1 Å². The predicted molar refractivity (Wildman–Crippen MR) is 86.3 cm³/mol. The fraction of sp³-hybridized carbons (Fsp3) is 0.125. The van der Waals surface area contributed by atoms with Crippen LogP contribution in [-0.2, 0) is 6.54 Å². The minimum atomic E-state index is 0.0935. The van der Waals surface area contributed by atoms with Gasteiger partial charge in [0, 0.05) is 46.9 Å². The van der Waals surface area contributed by atoms with Crippen LogP contribution in [-0.4, -0.2) is 31.5 Å². The molecule has 0 aliphatic heterocycles. The van der Waals surface area contributed by atoms with Crippen LogP contribution in [0.25, 0.3) is 32.9 Å². The summed E-state index contributed by atoms with van der Waals surface area (Å²) in [6.45, 7) is 0.637. The summed E-state index contributed by atoms with van der Waals surface area (Å²) in [4.78, 5) is 4.52. The standard InChI is InChI=1S/C16H15N5O/c17-16-13-9-21(5-6-22)8-12(13)11-2-1-10(7-15(11)19-16)14-3-4-18-20-14/h1-4,7-9,22H,5-6H2,(H2,17,19)(H,18,20). The van der Waals surface area contributed by atoms with Crippen molar-refractivity contribution in [2.45, 2.75) is 6.54 Å². The Balaban J connectivity index is 1.96. The van der Waals surface area contributed by atoms with E-state index in [1.165, 1.54) is 0 Å². The van der Waals surface area contributed by atoms with Crippen LogP contribution >= 0.6 is 0 Å². The number of aliphatic hydroxyl groups is 1. The molecule has 0 fully saturated rings. The average Bonchev–Trinajstić information content (AvgIpc) is 3.17. The van der Waals surface area contributed by atoms with Gasteiger partial charge in [0.2, 0.25) is 0 Å². The summed E-state index contributed by atoms with van der Waals surface area (Å²) < 4.78 is 1.94. The topological polar surface area (TPSA) is 92.8 Å². The van der Waals surface area contributed by atoms with Gasteiger partial charge in [0.15, 0.2) is 0 Å². The van der Waals surface area contributed by atoms with Gasteiger partial charge in [-0.05, 0) is 12.1 Å². The molecule has 0 saturated heterocycles. The van der Waals surface area contributed by atoms with Crippen LogP contribution in [0.4, 0.5) is 5.82 Å². The SMILES string of the molecule is Nc1nc2cc(-c3ccn[nH]3)ccc2c2cn(CCO)cc12. The van der Waals surface area contributed by atoms with Gasteiger partial charge >= 0.3 is 0 Å². The maximum absolute atomic E-state index is 9.09. The molecular formula is C16H15N5O. The van der Waals surface area contributed by atoms with Crippen molar-refractivity contribution in [2.24, 2.45) is 0 Å². The third-order valence-corrected chi connectivity index (χ3v) is 3.85. The fourth-order valence-corrected chi connectivity index (χ4v) is 2.80. The summed E-state index contributed by atoms with van der Waals surface area (Å²) in [6, 6.07) is 8.00. The number of rotatable bonds is 3. The molecule has 0 saturated carbocycles. The zero-order valence-electron chi connectivity index (χ0n) is 11.8. The number of fused-ring (bicyclic) bond motifs is 3. The first-order valence-electron chi connectivity index (χ1n) is 7.05. The fourth-order valence-electron chi connectivity index (χ4n) is 2.80. The molecule has 3 aromatic heterocycles. The highest BCUT2D eigenvalue weighted by Crippen LogP contribution is 2.31. The van der Waals surface area contributed by atoms with Crippen molar-refractivity contribution in [3.8, 4) is 11.3 Å². The molecule has 22 heavy (non-hydrogen) atoms. The molecule has 0 aliphatic rings. The average molecular weight is 293 g/mol. The number of nitrogen functional groups attached to an aromatic ring is 1. The first-order valence-corrected chi connectivity index (χ1v) is 7.05. The number of pyridine rings is 1. The summed E-state index contributed by atoms with van der Waals surface area (Å²) in [5, 5.41) is 19.0. The third kappa shape index (κ3) is 1.93. The van der Waals surface area contributed by atoms with Crippen LogP contribution in [0.15, 0.2) is 42.9 Å². The summed E-state index contributed by atoms with van der Waals surface area (Å²) in [5.41, 5.74) is 8.90. The Morgan fingerprint density at radius 2 is 2.00 bits per heavy atom. The van der Waals surface area contributed by atoms with E-state index >= 15 is 0 Å².